The smallest absolute Gasteiger partial charge is 0.410 e. The van der Waals surface area contributed by atoms with Crippen molar-refractivity contribution in [3.8, 4) is 0 Å². The lowest BCUT2D eigenvalue weighted by Crippen LogP contribution is -2.41. The Labute approximate surface area is 119 Å². The van der Waals surface area contributed by atoms with Crippen molar-refractivity contribution in [1.82, 2.24) is 4.90 Å². The van der Waals surface area contributed by atoms with Gasteiger partial charge in [0.25, 0.3) is 0 Å². The van der Waals surface area contributed by atoms with Crippen LogP contribution in [0, 0.1) is 0 Å². The molecule has 3 rings (SSSR count). The molecule has 1 amide bonds. The molecule has 3 nitrogen and oxygen atoms in total. The number of carbonyl (C=O) groups excluding carboxylic acids is 1. The molecule has 0 aromatic rings. The second-order valence-electron chi connectivity index (χ2n) is 5.52. The largest absolute Gasteiger partial charge is 0.453 e. The topological polar surface area (TPSA) is 29.3 Å². The molecular weight excluding hydrogens is 350 g/mol. The van der Waals surface area contributed by atoms with Gasteiger partial charge in [-0.1, -0.05) is 44.7 Å². The van der Waals surface area contributed by atoms with Gasteiger partial charge in [-0.25, -0.2) is 4.79 Å². The third kappa shape index (κ3) is 1.41. The molecule has 17 heavy (non-hydrogen) atoms. The van der Waals surface area contributed by atoms with E-state index in [1.807, 2.05) is 4.90 Å². The molecule has 2 saturated carbocycles. The molecule has 0 aromatic carbocycles. The highest BCUT2D eigenvalue weighted by molar-refractivity contribution is 9.12. The van der Waals surface area contributed by atoms with Crippen LogP contribution in [0.25, 0.3) is 0 Å². The minimum atomic E-state index is -0.131. The second-order valence-corrected chi connectivity index (χ2v) is 7.87. The molecule has 1 heterocycles. The van der Waals surface area contributed by atoms with E-state index < -0.39 is 0 Å². The fourth-order valence-electron chi connectivity index (χ4n) is 4.20. The van der Waals surface area contributed by atoms with Gasteiger partial charge in [-0.15, -0.1) is 0 Å². The third-order valence-corrected chi connectivity index (χ3v) is 7.55. The minimum Gasteiger partial charge on any atom is -0.453 e. The summed E-state index contributed by atoms with van der Waals surface area (Å²) in [4.78, 5) is 14.9. The van der Waals surface area contributed by atoms with E-state index in [4.69, 9.17) is 4.74 Å². The molecular formula is C12H17Br2NO2. The first-order valence-electron chi connectivity index (χ1n) is 6.24. The van der Waals surface area contributed by atoms with E-state index in [-0.39, 0.29) is 17.2 Å². The second kappa shape index (κ2) is 3.86. The number of amides is 1. The number of nitrogens with zero attached hydrogens (tertiary/aromatic N) is 1. The molecule has 0 unspecified atom stereocenters. The van der Waals surface area contributed by atoms with Crippen LogP contribution in [0.15, 0.2) is 0 Å². The summed E-state index contributed by atoms with van der Waals surface area (Å²) in [6, 6.07) is 0. The fourth-order valence-corrected chi connectivity index (χ4v) is 5.64. The highest BCUT2D eigenvalue weighted by Gasteiger charge is 2.79. The van der Waals surface area contributed by atoms with Gasteiger partial charge in [0.1, 0.15) is 0 Å². The molecule has 5 heteroatoms. The maximum absolute atomic E-state index is 12.0. The Bertz CT molecular complexity index is 338. The Morgan fingerprint density at radius 2 is 1.65 bits per heavy atom. The lowest BCUT2D eigenvalue weighted by Gasteiger charge is -2.35. The van der Waals surface area contributed by atoms with Crippen molar-refractivity contribution in [3.63, 3.8) is 0 Å². The van der Waals surface area contributed by atoms with Crippen molar-refractivity contribution in [1.29, 1.82) is 0 Å². The van der Waals surface area contributed by atoms with Crippen molar-refractivity contribution in [2.45, 2.75) is 59.3 Å². The van der Waals surface area contributed by atoms with Gasteiger partial charge >= 0.3 is 6.09 Å². The van der Waals surface area contributed by atoms with E-state index in [2.05, 4.69) is 31.9 Å². The molecule has 0 radical (unpaired) electrons. The van der Waals surface area contributed by atoms with E-state index >= 15 is 0 Å². The van der Waals surface area contributed by atoms with E-state index in [0.29, 0.717) is 9.65 Å². The van der Waals surface area contributed by atoms with Gasteiger partial charge in [0.15, 0.2) is 0 Å². The molecule has 1 aliphatic heterocycles. The summed E-state index contributed by atoms with van der Waals surface area (Å²) >= 11 is 7.49. The van der Waals surface area contributed by atoms with Crippen molar-refractivity contribution in [3.05, 3.63) is 0 Å². The Balaban J connectivity index is 1.95. The van der Waals surface area contributed by atoms with E-state index in [1.165, 1.54) is 20.0 Å². The van der Waals surface area contributed by atoms with Crippen LogP contribution in [0.4, 0.5) is 4.79 Å². The molecule has 0 N–H and O–H groups in total. The molecule has 3 aliphatic rings. The molecule has 0 spiro atoms. The number of carbonyl (C=O) groups is 1. The van der Waals surface area contributed by atoms with Gasteiger partial charge in [-0.3, -0.25) is 4.90 Å². The van der Waals surface area contributed by atoms with Crippen molar-refractivity contribution in [2.75, 3.05) is 7.11 Å². The number of hydrogen-bond acceptors (Lipinski definition) is 2. The number of likely N-dealkylation sites (tertiary alicyclic amines) is 1. The lowest BCUT2D eigenvalue weighted by atomic mass is 9.71. The SMILES string of the molecule is COC(=O)N1[C@@]23CCCC[C@]12C[C@H](Br)[C@H](Br)C3. The number of hydrogen-bond donors (Lipinski definition) is 0. The molecule has 96 valence electrons. The number of rotatable bonds is 0. The third-order valence-electron chi connectivity index (χ3n) is 4.92. The van der Waals surface area contributed by atoms with Gasteiger partial charge in [0.05, 0.1) is 18.2 Å². The summed E-state index contributed by atoms with van der Waals surface area (Å²) in [5.74, 6) is 0. The summed E-state index contributed by atoms with van der Waals surface area (Å²) in [5, 5.41) is 0. The molecule has 0 aromatic heterocycles. The number of methoxy groups -OCH3 is 1. The van der Waals surface area contributed by atoms with Crippen molar-refractivity contribution >= 4 is 38.0 Å². The normalized spacial score (nSPS) is 48.1. The Morgan fingerprint density at radius 1 is 1.18 bits per heavy atom. The monoisotopic (exact) mass is 365 g/mol. The Hall–Kier alpha value is 0.230. The van der Waals surface area contributed by atoms with Gasteiger partial charge in [-0.2, -0.15) is 0 Å². The standard InChI is InChI=1S/C12H17Br2NO2/c1-17-10(16)15-11-4-2-3-5-12(11,15)7-9(14)8(13)6-11/h8-9H,2-7H2,1H3/t8-,9+,11-,12-,15?/m1/s1. The molecule has 1 saturated heterocycles. The average Bonchev–Trinajstić information content (AvgIpc) is 2.90. The summed E-state index contributed by atoms with van der Waals surface area (Å²) in [6.07, 6.45) is 6.74. The zero-order chi connectivity index (χ0) is 12.3. The van der Waals surface area contributed by atoms with Crippen LogP contribution in [0.2, 0.25) is 0 Å². The first-order valence-corrected chi connectivity index (χ1v) is 8.07. The Morgan fingerprint density at radius 3 is 2.06 bits per heavy atom. The number of alkyl halides is 2. The summed E-state index contributed by atoms with van der Waals surface area (Å²) in [6.45, 7) is 0. The molecule has 3 fully saturated rings. The van der Waals surface area contributed by atoms with Crippen LogP contribution < -0.4 is 0 Å². The van der Waals surface area contributed by atoms with Crippen LogP contribution in [-0.4, -0.2) is 38.8 Å². The molecule has 2 aliphatic carbocycles. The maximum Gasteiger partial charge on any atom is 0.410 e. The first-order chi connectivity index (χ1) is 8.07. The van der Waals surface area contributed by atoms with Crippen molar-refractivity contribution < 1.29 is 9.53 Å². The summed E-state index contributed by atoms with van der Waals surface area (Å²) in [7, 11) is 1.49. The lowest BCUT2D eigenvalue weighted by molar-refractivity contribution is 0.142. The van der Waals surface area contributed by atoms with Gasteiger partial charge < -0.3 is 4.74 Å². The van der Waals surface area contributed by atoms with Crippen LogP contribution in [0.5, 0.6) is 0 Å². The van der Waals surface area contributed by atoms with Crippen LogP contribution in [-0.2, 0) is 4.74 Å². The van der Waals surface area contributed by atoms with E-state index in [1.54, 1.807) is 0 Å². The predicted molar refractivity (Wildman–Crippen MR) is 72.8 cm³/mol. The van der Waals surface area contributed by atoms with E-state index in [9.17, 15) is 4.79 Å². The van der Waals surface area contributed by atoms with Gasteiger partial charge in [0, 0.05) is 9.65 Å². The summed E-state index contributed by atoms with van der Waals surface area (Å²) in [5.41, 5.74) is 0.188. The fraction of sp³-hybridized carbons (Fsp3) is 0.917. The predicted octanol–water partition coefficient (Wildman–Crippen LogP) is 3.44. The summed E-state index contributed by atoms with van der Waals surface area (Å²) < 4.78 is 4.97. The van der Waals surface area contributed by atoms with Crippen LogP contribution >= 0.6 is 31.9 Å². The molecule has 0 bridgehead atoms. The first kappa shape index (κ1) is 12.3. The zero-order valence-electron chi connectivity index (χ0n) is 9.92. The van der Waals surface area contributed by atoms with Crippen LogP contribution in [0.1, 0.15) is 38.5 Å². The Kier molecular flexibility index (Phi) is 2.79. The minimum absolute atomic E-state index is 0.0940. The number of ether oxygens (including phenoxy) is 1. The molecule has 4 atom stereocenters. The highest BCUT2D eigenvalue weighted by Crippen LogP contribution is 2.68. The van der Waals surface area contributed by atoms with Gasteiger partial charge in [0.2, 0.25) is 0 Å². The van der Waals surface area contributed by atoms with Crippen LogP contribution in [0.3, 0.4) is 0 Å². The van der Waals surface area contributed by atoms with Crippen molar-refractivity contribution in [2.24, 2.45) is 0 Å². The average molecular weight is 367 g/mol. The van der Waals surface area contributed by atoms with E-state index in [0.717, 1.165) is 25.7 Å². The maximum atomic E-state index is 12.0. The number of halogens is 2. The van der Waals surface area contributed by atoms with Gasteiger partial charge in [-0.05, 0) is 25.7 Å². The zero-order valence-corrected chi connectivity index (χ0v) is 13.1. The quantitative estimate of drug-likeness (QED) is 0.485. The highest BCUT2D eigenvalue weighted by atomic mass is 79.9.